The number of pyridine rings is 1. The molecule has 1 aromatic heterocycles. The Morgan fingerprint density at radius 3 is 2.71 bits per heavy atom. The van der Waals surface area contributed by atoms with Gasteiger partial charge in [-0.1, -0.05) is 13.8 Å². The van der Waals surface area contributed by atoms with Crippen LogP contribution in [-0.2, 0) is 4.74 Å². The van der Waals surface area contributed by atoms with Gasteiger partial charge in [0.25, 0.3) is 5.91 Å². The van der Waals surface area contributed by atoms with E-state index in [-0.39, 0.29) is 24.0 Å². The lowest BCUT2D eigenvalue weighted by Crippen LogP contribution is -2.33. The van der Waals surface area contributed by atoms with Crippen molar-refractivity contribution in [2.24, 2.45) is 0 Å². The van der Waals surface area contributed by atoms with E-state index in [4.69, 9.17) is 4.74 Å². The van der Waals surface area contributed by atoms with E-state index in [0.29, 0.717) is 5.56 Å². The molecule has 1 amide bonds. The Kier molecular flexibility index (Phi) is 5.17. The monoisotopic (exact) mass is 291 g/mol. The summed E-state index contributed by atoms with van der Waals surface area (Å²) < 4.78 is 5.34. The minimum atomic E-state index is -0.0300. The second-order valence-corrected chi connectivity index (χ2v) is 5.91. The maximum atomic E-state index is 12.4. The molecule has 2 unspecified atom stereocenters. The third kappa shape index (κ3) is 3.94. The van der Waals surface area contributed by atoms with E-state index < -0.39 is 0 Å². The first kappa shape index (κ1) is 15.8. The lowest BCUT2D eigenvalue weighted by molar-refractivity contribution is 0.0915. The van der Waals surface area contributed by atoms with E-state index in [9.17, 15) is 4.79 Å². The van der Waals surface area contributed by atoms with Crippen LogP contribution in [0.15, 0.2) is 12.1 Å². The fourth-order valence-corrected chi connectivity index (χ4v) is 2.66. The number of aromatic nitrogens is 1. The van der Waals surface area contributed by atoms with Crippen molar-refractivity contribution in [2.75, 3.05) is 19.5 Å². The van der Waals surface area contributed by atoms with Gasteiger partial charge in [-0.05, 0) is 37.3 Å². The molecule has 1 saturated carbocycles. The molecule has 2 rings (SSSR count). The van der Waals surface area contributed by atoms with Crippen molar-refractivity contribution in [3.05, 3.63) is 23.4 Å². The Balaban J connectivity index is 2.10. The molecular weight excluding hydrogens is 266 g/mol. The smallest absolute Gasteiger partial charge is 0.251 e. The Morgan fingerprint density at radius 2 is 2.14 bits per heavy atom. The Labute approximate surface area is 126 Å². The van der Waals surface area contributed by atoms with E-state index in [1.54, 1.807) is 13.2 Å². The summed E-state index contributed by atoms with van der Waals surface area (Å²) in [6.45, 7) is 4.15. The molecule has 21 heavy (non-hydrogen) atoms. The van der Waals surface area contributed by atoms with E-state index in [1.807, 2.05) is 13.1 Å². The van der Waals surface area contributed by atoms with Crippen molar-refractivity contribution in [1.82, 2.24) is 10.3 Å². The van der Waals surface area contributed by atoms with Crippen LogP contribution >= 0.6 is 0 Å². The molecule has 1 heterocycles. The van der Waals surface area contributed by atoms with Gasteiger partial charge in [-0.2, -0.15) is 0 Å². The molecule has 1 aliphatic rings. The number of hydrogen-bond donors (Lipinski definition) is 2. The van der Waals surface area contributed by atoms with Gasteiger partial charge in [0.05, 0.1) is 6.10 Å². The molecule has 2 N–H and O–H groups in total. The largest absolute Gasteiger partial charge is 0.381 e. The molecular formula is C16H25N3O2. The SMILES string of the molecule is CNc1cc(C(=O)NC2CCC(OC)C2)cc(C(C)C)n1. The molecule has 2 atom stereocenters. The molecule has 1 fully saturated rings. The van der Waals surface area contributed by atoms with Gasteiger partial charge in [0.2, 0.25) is 0 Å². The first-order valence-corrected chi connectivity index (χ1v) is 7.57. The van der Waals surface area contributed by atoms with Crippen LogP contribution in [0.4, 0.5) is 5.82 Å². The van der Waals surface area contributed by atoms with Crippen molar-refractivity contribution in [2.45, 2.75) is 51.2 Å². The maximum Gasteiger partial charge on any atom is 0.251 e. The van der Waals surface area contributed by atoms with Gasteiger partial charge in [-0.15, -0.1) is 0 Å². The zero-order chi connectivity index (χ0) is 15.4. The molecule has 1 aliphatic carbocycles. The number of hydrogen-bond acceptors (Lipinski definition) is 4. The summed E-state index contributed by atoms with van der Waals surface area (Å²) in [4.78, 5) is 16.9. The summed E-state index contributed by atoms with van der Waals surface area (Å²) in [5.41, 5.74) is 1.59. The van der Waals surface area contributed by atoms with Crippen LogP contribution in [0.3, 0.4) is 0 Å². The number of anilines is 1. The Hall–Kier alpha value is -1.62. The predicted octanol–water partition coefficient (Wildman–Crippen LogP) is 2.54. The second-order valence-electron chi connectivity index (χ2n) is 5.91. The van der Waals surface area contributed by atoms with Crippen molar-refractivity contribution < 1.29 is 9.53 Å². The number of carbonyl (C=O) groups excluding carboxylic acids is 1. The van der Waals surface area contributed by atoms with Crippen LogP contribution in [0.1, 0.15) is 55.1 Å². The number of rotatable bonds is 5. The lowest BCUT2D eigenvalue weighted by atomic mass is 10.1. The summed E-state index contributed by atoms with van der Waals surface area (Å²) in [7, 11) is 3.54. The summed E-state index contributed by atoms with van der Waals surface area (Å²) >= 11 is 0. The number of amides is 1. The first-order valence-electron chi connectivity index (χ1n) is 7.57. The van der Waals surface area contributed by atoms with Crippen molar-refractivity contribution in [3.8, 4) is 0 Å². The molecule has 0 spiro atoms. The molecule has 0 bridgehead atoms. The summed E-state index contributed by atoms with van der Waals surface area (Å²) in [5.74, 6) is 0.985. The van der Waals surface area contributed by atoms with Crippen LogP contribution in [0.2, 0.25) is 0 Å². The van der Waals surface area contributed by atoms with Crippen LogP contribution in [-0.4, -0.2) is 37.2 Å². The van der Waals surface area contributed by atoms with Crippen molar-refractivity contribution in [1.29, 1.82) is 0 Å². The normalized spacial score (nSPS) is 21.6. The predicted molar refractivity (Wildman–Crippen MR) is 83.8 cm³/mol. The topological polar surface area (TPSA) is 63.2 Å². The lowest BCUT2D eigenvalue weighted by Gasteiger charge is -2.15. The van der Waals surface area contributed by atoms with Gasteiger partial charge >= 0.3 is 0 Å². The highest BCUT2D eigenvalue weighted by atomic mass is 16.5. The highest BCUT2D eigenvalue weighted by molar-refractivity contribution is 5.95. The standard InChI is InChI=1S/C16H25N3O2/c1-10(2)14-7-11(8-15(17-3)19-14)16(20)18-12-5-6-13(9-12)21-4/h7-8,10,12-13H,5-6,9H2,1-4H3,(H,17,19)(H,18,20). The third-order valence-corrected chi connectivity index (χ3v) is 4.01. The zero-order valence-corrected chi connectivity index (χ0v) is 13.3. The molecule has 0 aliphatic heterocycles. The van der Waals surface area contributed by atoms with E-state index >= 15 is 0 Å². The zero-order valence-electron chi connectivity index (χ0n) is 13.3. The van der Waals surface area contributed by atoms with Gasteiger partial charge in [0.15, 0.2) is 0 Å². The molecule has 116 valence electrons. The average molecular weight is 291 g/mol. The fraction of sp³-hybridized carbons (Fsp3) is 0.625. The minimum absolute atomic E-state index is 0.0300. The molecule has 5 heteroatoms. The number of carbonyl (C=O) groups is 1. The quantitative estimate of drug-likeness (QED) is 0.875. The average Bonchev–Trinajstić information content (AvgIpc) is 2.94. The molecule has 0 aromatic carbocycles. The van der Waals surface area contributed by atoms with Crippen LogP contribution in [0, 0.1) is 0 Å². The number of methoxy groups -OCH3 is 1. The van der Waals surface area contributed by atoms with Gasteiger partial charge in [-0.25, -0.2) is 4.98 Å². The van der Waals surface area contributed by atoms with Gasteiger partial charge in [0.1, 0.15) is 5.82 Å². The fourth-order valence-electron chi connectivity index (χ4n) is 2.66. The van der Waals surface area contributed by atoms with E-state index in [1.165, 1.54) is 0 Å². The van der Waals surface area contributed by atoms with Crippen LogP contribution in [0.25, 0.3) is 0 Å². The van der Waals surface area contributed by atoms with Gasteiger partial charge < -0.3 is 15.4 Å². The summed E-state index contributed by atoms with van der Waals surface area (Å²) in [6.07, 6.45) is 3.15. The summed E-state index contributed by atoms with van der Waals surface area (Å²) in [5, 5.41) is 6.12. The number of nitrogens with one attached hydrogen (secondary N) is 2. The second kappa shape index (κ2) is 6.89. The highest BCUT2D eigenvalue weighted by Crippen LogP contribution is 2.22. The van der Waals surface area contributed by atoms with Gasteiger partial charge in [-0.3, -0.25) is 4.79 Å². The van der Waals surface area contributed by atoms with E-state index in [0.717, 1.165) is 30.8 Å². The maximum absolute atomic E-state index is 12.4. The van der Waals surface area contributed by atoms with Crippen LogP contribution < -0.4 is 10.6 Å². The van der Waals surface area contributed by atoms with Crippen molar-refractivity contribution >= 4 is 11.7 Å². The van der Waals surface area contributed by atoms with Crippen molar-refractivity contribution in [3.63, 3.8) is 0 Å². The molecule has 5 nitrogen and oxygen atoms in total. The molecule has 1 aromatic rings. The molecule has 0 radical (unpaired) electrons. The Bertz CT molecular complexity index is 502. The van der Waals surface area contributed by atoms with Crippen LogP contribution in [0.5, 0.6) is 0 Å². The minimum Gasteiger partial charge on any atom is -0.381 e. The first-order chi connectivity index (χ1) is 10.0. The van der Waals surface area contributed by atoms with Gasteiger partial charge in [0, 0.05) is 31.5 Å². The highest BCUT2D eigenvalue weighted by Gasteiger charge is 2.26. The third-order valence-electron chi connectivity index (χ3n) is 4.01. The number of ether oxygens (including phenoxy) is 1. The van der Waals surface area contributed by atoms with E-state index in [2.05, 4.69) is 29.5 Å². The summed E-state index contributed by atoms with van der Waals surface area (Å²) in [6, 6.07) is 3.88. The molecule has 0 saturated heterocycles. The Morgan fingerprint density at radius 1 is 1.38 bits per heavy atom. The number of nitrogens with zero attached hydrogens (tertiary/aromatic N) is 1.